The quantitative estimate of drug-likeness (QED) is 0.342. The number of halogens is 4. The molecule has 0 saturated carbocycles. The van der Waals surface area contributed by atoms with Crippen LogP contribution in [0.1, 0.15) is 54.5 Å². The van der Waals surface area contributed by atoms with Crippen molar-refractivity contribution in [2.24, 2.45) is 0 Å². The molecule has 11 heteroatoms. The molecule has 2 heterocycles. The first-order valence-corrected chi connectivity index (χ1v) is 13.5. The van der Waals surface area contributed by atoms with Gasteiger partial charge in [-0.2, -0.15) is 0 Å². The molecule has 41 heavy (non-hydrogen) atoms. The van der Waals surface area contributed by atoms with Crippen LogP contribution in [0.2, 0.25) is 10.0 Å². The van der Waals surface area contributed by atoms with E-state index >= 15 is 0 Å². The van der Waals surface area contributed by atoms with Crippen molar-refractivity contribution in [3.8, 4) is 5.75 Å². The average molecular weight is 603 g/mol. The summed E-state index contributed by atoms with van der Waals surface area (Å²) in [6.07, 6.45) is -0.239. The van der Waals surface area contributed by atoms with E-state index in [-0.39, 0.29) is 22.8 Å². The fourth-order valence-electron chi connectivity index (χ4n) is 5.91. The number of aryl methyl sites for hydroxylation is 1. The maximum Gasteiger partial charge on any atom is 0.349 e. The zero-order valence-electron chi connectivity index (χ0n) is 22.5. The molecule has 1 fully saturated rings. The number of carbonyl (C=O) groups is 3. The SMILES string of the molecule is COC(=O)C(C)(C)Oc1cc(F)c(Cl)cc1[C@H]1CC(=O)N[C@@H](c2cc(F)ccc2C)[C@]12C(=O)Nc1cc(Cl)ccc12. The van der Waals surface area contributed by atoms with Gasteiger partial charge in [0.05, 0.1) is 18.2 Å². The van der Waals surface area contributed by atoms with Crippen molar-refractivity contribution in [2.75, 3.05) is 12.4 Å². The standard InChI is InChI=1S/C30H26Cl2F2N2O5/c1-14-5-7-16(33)10-17(14)26-30(19-8-6-15(31)9-23(19)35-27(30)38)20(12-25(37)36-26)18-11-21(32)22(34)13-24(18)41-29(2,3)28(39)40-4/h5-11,13,20,26H,12H2,1-4H3,(H,35,38)(H,36,37)/t20-,26+,30-/m1/s1. The Morgan fingerprint density at radius 3 is 2.49 bits per heavy atom. The Bertz CT molecular complexity index is 1610. The maximum absolute atomic E-state index is 14.9. The second-order valence-corrected chi connectivity index (χ2v) is 11.5. The lowest BCUT2D eigenvalue weighted by Gasteiger charge is -2.47. The molecule has 2 aliphatic heterocycles. The number of ether oxygens (including phenoxy) is 2. The number of hydrogen-bond donors (Lipinski definition) is 2. The zero-order chi connectivity index (χ0) is 29.9. The van der Waals surface area contributed by atoms with Crippen LogP contribution in [0.15, 0.2) is 48.5 Å². The largest absolute Gasteiger partial charge is 0.476 e. The molecule has 0 aliphatic carbocycles. The number of piperidine rings is 1. The summed E-state index contributed by atoms with van der Waals surface area (Å²) < 4.78 is 40.4. The van der Waals surface area contributed by atoms with Gasteiger partial charge in [0, 0.05) is 34.7 Å². The third-order valence-electron chi connectivity index (χ3n) is 7.77. The highest BCUT2D eigenvalue weighted by molar-refractivity contribution is 6.31. The van der Waals surface area contributed by atoms with Gasteiger partial charge in [-0.1, -0.05) is 35.3 Å². The summed E-state index contributed by atoms with van der Waals surface area (Å²) in [5, 5.41) is 5.88. The number of hydrogen-bond acceptors (Lipinski definition) is 5. The highest BCUT2D eigenvalue weighted by Crippen LogP contribution is 2.59. The number of esters is 1. The third-order valence-corrected chi connectivity index (χ3v) is 8.30. The number of methoxy groups -OCH3 is 1. The van der Waals surface area contributed by atoms with E-state index in [2.05, 4.69) is 10.6 Å². The van der Waals surface area contributed by atoms with Gasteiger partial charge in [0.2, 0.25) is 11.8 Å². The Morgan fingerprint density at radius 2 is 1.78 bits per heavy atom. The summed E-state index contributed by atoms with van der Waals surface area (Å²) in [6.45, 7) is 4.63. The minimum Gasteiger partial charge on any atom is -0.476 e. The van der Waals surface area contributed by atoms with Gasteiger partial charge >= 0.3 is 5.97 Å². The molecule has 0 aromatic heterocycles. The Hall–Kier alpha value is -3.69. The lowest BCUT2D eigenvalue weighted by molar-refractivity contribution is -0.156. The van der Waals surface area contributed by atoms with Crippen LogP contribution in [0.4, 0.5) is 14.5 Å². The van der Waals surface area contributed by atoms with Crippen LogP contribution in [0.25, 0.3) is 0 Å². The smallest absolute Gasteiger partial charge is 0.349 e. The van der Waals surface area contributed by atoms with E-state index in [0.29, 0.717) is 27.4 Å². The molecule has 2 N–H and O–H groups in total. The Morgan fingerprint density at radius 1 is 1.05 bits per heavy atom. The third kappa shape index (κ3) is 4.71. The molecule has 214 valence electrons. The van der Waals surface area contributed by atoms with Crippen LogP contribution in [0.3, 0.4) is 0 Å². The van der Waals surface area contributed by atoms with Crippen molar-refractivity contribution in [3.05, 3.63) is 92.5 Å². The van der Waals surface area contributed by atoms with E-state index in [0.717, 1.165) is 6.07 Å². The average Bonchev–Trinajstić information content (AvgIpc) is 3.19. The van der Waals surface area contributed by atoms with Gasteiger partial charge in [-0.25, -0.2) is 13.6 Å². The van der Waals surface area contributed by atoms with Crippen molar-refractivity contribution in [3.63, 3.8) is 0 Å². The first-order chi connectivity index (χ1) is 19.3. The molecular weight excluding hydrogens is 577 g/mol. The minimum atomic E-state index is -1.58. The normalized spacial score (nSPS) is 21.8. The zero-order valence-corrected chi connectivity index (χ0v) is 24.0. The molecule has 2 aliphatic rings. The Balaban J connectivity index is 1.83. The van der Waals surface area contributed by atoms with Crippen molar-refractivity contribution in [1.82, 2.24) is 5.32 Å². The molecular formula is C30H26Cl2F2N2O5. The minimum absolute atomic E-state index is 0.105. The monoisotopic (exact) mass is 602 g/mol. The predicted octanol–water partition coefficient (Wildman–Crippen LogP) is 6.15. The lowest BCUT2D eigenvalue weighted by atomic mass is 9.59. The van der Waals surface area contributed by atoms with Crippen molar-refractivity contribution in [2.45, 2.75) is 50.2 Å². The molecule has 0 bridgehead atoms. The van der Waals surface area contributed by atoms with Crippen LogP contribution >= 0.6 is 23.2 Å². The summed E-state index contributed by atoms with van der Waals surface area (Å²) in [5.41, 5.74) is -1.03. The molecule has 0 unspecified atom stereocenters. The van der Waals surface area contributed by atoms with Crippen molar-refractivity contribution < 1.29 is 32.6 Å². The number of fused-ring (bicyclic) bond motifs is 2. The van der Waals surface area contributed by atoms with Gasteiger partial charge in [-0.05, 0) is 67.8 Å². The highest BCUT2D eigenvalue weighted by atomic mass is 35.5. The topological polar surface area (TPSA) is 93.7 Å². The molecule has 2 amide bonds. The maximum atomic E-state index is 14.9. The molecule has 3 aromatic carbocycles. The van der Waals surface area contributed by atoms with Gasteiger partial charge in [0.25, 0.3) is 0 Å². The predicted molar refractivity (Wildman–Crippen MR) is 149 cm³/mol. The second kappa shape index (κ2) is 10.3. The first kappa shape index (κ1) is 28.8. The number of carbonyl (C=O) groups excluding carboxylic acids is 3. The fraction of sp³-hybridized carbons (Fsp3) is 0.300. The van der Waals surface area contributed by atoms with E-state index in [1.807, 2.05) is 0 Å². The van der Waals surface area contributed by atoms with Crippen LogP contribution in [0.5, 0.6) is 5.75 Å². The van der Waals surface area contributed by atoms with Crippen LogP contribution in [-0.2, 0) is 24.5 Å². The van der Waals surface area contributed by atoms with Crippen LogP contribution in [-0.4, -0.2) is 30.5 Å². The number of benzene rings is 3. The van der Waals surface area contributed by atoms with Gasteiger partial charge in [-0.15, -0.1) is 0 Å². The second-order valence-electron chi connectivity index (χ2n) is 10.7. The number of anilines is 1. The van der Waals surface area contributed by atoms with Crippen molar-refractivity contribution >= 4 is 46.7 Å². The molecule has 1 saturated heterocycles. The molecule has 0 radical (unpaired) electrons. The van der Waals surface area contributed by atoms with E-state index in [1.165, 1.54) is 39.2 Å². The molecule has 3 atom stereocenters. The molecule has 5 rings (SSSR count). The Labute approximate surface area is 245 Å². The van der Waals surface area contributed by atoms with Crippen LogP contribution in [0, 0.1) is 18.6 Å². The fourth-order valence-corrected chi connectivity index (χ4v) is 6.25. The van der Waals surface area contributed by atoms with E-state index in [9.17, 15) is 23.2 Å². The summed E-state index contributed by atoms with van der Waals surface area (Å²) in [5.74, 6) is -4.17. The highest BCUT2D eigenvalue weighted by Gasteiger charge is 2.62. The van der Waals surface area contributed by atoms with Gasteiger partial charge in [0.15, 0.2) is 5.60 Å². The Kier molecular flexibility index (Phi) is 7.24. The van der Waals surface area contributed by atoms with Gasteiger partial charge in [0.1, 0.15) is 22.8 Å². The van der Waals surface area contributed by atoms with Gasteiger partial charge < -0.3 is 20.1 Å². The summed E-state index contributed by atoms with van der Waals surface area (Å²) >= 11 is 12.5. The van der Waals surface area contributed by atoms with E-state index in [4.69, 9.17) is 32.7 Å². The van der Waals surface area contributed by atoms with E-state index in [1.54, 1.807) is 31.2 Å². The van der Waals surface area contributed by atoms with E-state index < -0.39 is 52.4 Å². The number of rotatable bonds is 5. The lowest BCUT2D eigenvalue weighted by Crippen LogP contribution is -2.57. The number of amides is 2. The first-order valence-electron chi connectivity index (χ1n) is 12.7. The summed E-state index contributed by atoms with van der Waals surface area (Å²) in [4.78, 5) is 40.1. The summed E-state index contributed by atoms with van der Waals surface area (Å²) in [7, 11) is 1.19. The van der Waals surface area contributed by atoms with Crippen molar-refractivity contribution in [1.29, 1.82) is 0 Å². The van der Waals surface area contributed by atoms with Gasteiger partial charge in [-0.3, -0.25) is 9.59 Å². The van der Waals surface area contributed by atoms with Crippen LogP contribution < -0.4 is 15.4 Å². The molecule has 1 spiro atoms. The number of nitrogens with one attached hydrogen (secondary N) is 2. The molecule has 3 aromatic rings. The summed E-state index contributed by atoms with van der Waals surface area (Å²) in [6, 6.07) is 10.2. The molecule has 7 nitrogen and oxygen atoms in total.